The molecule has 0 bridgehead atoms. The molecule has 0 aliphatic heterocycles. The highest BCUT2D eigenvalue weighted by atomic mass is 35.5. The van der Waals surface area contributed by atoms with Crippen LogP contribution < -0.4 is 11.3 Å². The summed E-state index contributed by atoms with van der Waals surface area (Å²) in [5.74, 6) is 2.69. The maximum absolute atomic E-state index is 12.9. The van der Waals surface area contributed by atoms with Gasteiger partial charge in [-0.15, -0.1) is 12.4 Å². The van der Waals surface area contributed by atoms with Gasteiger partial charge in [-0.3, -0.25) is 5.43 Å². The molecule has 0 spiro atoms. The summed E-state index contributed by atoms with van der Waals surface area (Å²) in [6, 6.07) is 3.60. The second kappa shape index (κ2) is 6.15. The van der Waals surface area contributed by atoms with Crippen LogP contribution in [0.2, 0.25) is 0 Å². The number of amides is 1. The van der Waals surface area contributed by atoms with E-state index in [2.05, 4.69) is 4.74 Å². The second-order valence-corrected chi connectivity index (χ2v) is 2.43. The first-order valence-electron chi connectivity index (χ1n) is 3.71. The molecule has 1 aromatic carbocycles. The van der Waals surface area contributed by atoms with Crippen LogP contribution in [0.15, 0.2) is 18.2 Å². The van der Waals surface area contributed by atoms with Gasteiger partial charge in [0.25, 0.3) is 0 Å². The Labute approximate surface area is 90.8 Å². The molecule has 15 heavy (non-hydrogen) atoms. The molecular formula is C8H9ClF2N2O2. The number of hydrogen-bond donors (Lipinski definition) is 2. The molecule has 1 amide bonds. The van der Waals surface area contributed by atoms with Crippen LogP contribution in [-0.4, -0.2) is 6.09 Å². The number of nitrogens with two attached hydrogens (primary N) is 1. The molecule has 3 N–H and O–H groups in total. The van der Waals surface area contributed by atoms with Crippen LogP contribution in [0.3, 0.4) is 0 Å². The molecule has 0 radical (unpaired) electrons. The summed E-state index contributed by atoms with van der Waals surface area (Å²) in [4.78, 5) is 10.5. The summed E-state index contributed by atoms with van der Waals surface area (Å²) in [5.41, 5.74) is 1.64. The van der Waals surface area contributed by atoms with Crippen molar-refractivity contribution in [2.75, 3.05) is 0 Å². The Morgan fingerprint density at radius 3 is 2.73 bits per heavy atom. The van der Waals surface area contributed by atoms with Gasteiger partial charge in [0.1, 0.15) is 6.61 Å². The number of ether oxygens (including phenoxy) is 1. The number of rotatable bonds is 2. The van der Waals surface area contributed by atoms with Gasteiger partial charge in [-0.25, -0.2) is 19.4 Å². The smallest absolute Gasteiger partial charge is 0.421 e. The van der Waals surface area contributed by atoms with Gasteiger partial charge in [0, 0.05) is 5.56 Å². The van der Waals surface area contributed by atoms with Crippen molar-refractivity contribution in [2.24, 2.45) is 5.84 Å². The van der Waals surface area contributed by atoms with E-state index in [9.17, 15) is 13.6 Å². The average Bonchev–Trinajstić information content (AvgIpc) is 2.20. The van der Waals surface area contributed by atoms with E-state index in [-0.39, 0.29) is 24.6 Å². The van der Waals surface area contributed by atoms with Gasteiger partial charge < -0.3 is 4.74 Å². The quantitative estimate of drug-likeness (QED) is 0.466. The van der Waals surface area contributed by atoms with E-state index in [1.807, 2.05) is 0 Å². The third-order valence-electron chi connectivity index (χ3n) is 1.51. The third-order valence-corrected chi connectivity index (χ3v) is 1.51. The molecule has 0 heterocycles. The number of carbonyl (C=O) groups is 1. The molecular weight excluding hydrogens is 230 g/mol. The lowest BCUT2D eigenvalue weighted by atomic mass is 10.2. The average molecular weight is 239 g/mol. The maximum atomic E-state index is 12.9. The monoisotopic (exact) mass is 238 g/mol. The number of hydrogen-bond acceptors (Lipinski definition) is 3. The summed E-state index contributed by atoms with van der Waals surface area (Å²) in [7, 11) is 0. The van der Waals surface area contributed by atoms with Crippen molar-refractivity contribution in [3.63, 3.8) is 0 Å². The Balaban J connectivity index is 0.00000196. The largest absolute Gasteiger partial charge is 0.444 e. The highest BCUT2D eigenvalue weighted by Gasteiger charge is 2.08. The van der Waals surface area contributed by atoms with E-state index in [0.717, 1.165) is 6.07 Å². The second-order valence-electron chi connectivity index (χ2n) is 2.43. The van der Waals surface area contributed by atoms with Gasteiger partial charge in [-0.05, 0) is 6.07 Å². The highest BCUT2D eigenvalue weighted by Crippen LogP contribution is 2.11. The molecule has 1 rings (SSSR count). The van der Waals surface area contributed by atoms with E-state index >= 15 is 0 Å². The standard InChI is InChI=1S/C8H8F2N2O2.ClH/c9-6-3-1-2-5(7(6)10)4-14-8(13)12-11;/h1-3H,4,11H2,(H,12,13);1H. The van der Waals surface area contributed by atoms with Crippen molar-refractivity contribution >= 4 is 18.5 Å². The lowest BCUT2D eigenvalue weighted by Gasteiger charge is -2.04. The van der Waals surface area contributed by atoms with Crippen LogP contribution in [0.4, 0.5) is 13.6 Å². The molecule has 0 aliphatic rings. The van der Waals surface area contributed by atoms with E-state index in [4.69, 9.17) is 5.84 Å². The van der Waals surface area contributed by atoms with Crippen molar-refractivity contribution in [3.8, 4) is 0 Å². The van der Waals surface area contributed by atoms with E-state index in [1.54, 1.807) is 5.43 Å². The lowest BCUT2D eigenvalue weighted by molar-refractivity contribution is 0.138. The molecule has 84 valence electrons. The van der Waals surface area contributed by atoms with Gasteiger partial charge in [0.15, 0.2) is 11.6 Å². The van der Waals surface area contributed by atoms with Crippen LogP contribution in [0.5, 0.6) is 0 Å². The fourth-order valence-electron chi connectivity index (χ4n) is 0.845. The van der Waals surface area contributed by atoms with Crippen molar-refractivity contribution in [1.29, 1.82) is 0 Å². The normalized spacial score (nSPS) is 9.00. The molecule has 0 aliphatic carbocycles. The van der Waals surface area contributed by atoms with Crippen LogP contribution in [0, 0.1) is 11.6 Å². The van der Waals surface area contributed by atoms with Gasteiger partial charge in [-0.1, -0.05) is 12.1 Å². The van der Waals surface area contributed by atoms with Gasteiger partial charge >= 0.3 is 6.09 Å². The van der Waals surface area contributed by atoms with Crippen LogP contribution in [-0.2, 0) is 11.3 Å². The first-order chi connectivity index (χ1) is 6.65. The predicted molar refractivity (Wildman–Crippen MR) is 51.1 cm³/mol. The lowest BCUT2D eigenvalue weighted by Crippen LogP contribution is -2.30. The zero-order chi connectivity index (χ0) is 10.6. The molecule has 1 aromatic rings. The summed E-state index contributed by atoms with van der Waals surface area (Å²) < 4.78 is 30.0. The Morgan fingerprint density at radius 2 is 2.13 bits per heavy atom. The number of benzene rings is 1. The Kier molecular flexibility index (Phi) is 5.58. The van der Waals surface area contributed by atoms with Crippen molar-refractivity contribution in [1.82, 2.24) is 5.43 Å². The molecule has 0 unspecified atom stereocenters. The third kappa shape index (κ3) is 3.69. The Hall–Kier alpha value is -1.40. The molecule has 4 nitrogen and oxygen atoms in total. The molecule has 0 fully saturated rings. The summed E-state index contributed by atoms with van der Waals surface area (Å²) in [6.07, 6.45) is -0.909. The highest BCUT2D eigenvalue weighted by molar-refractivity contribution is 5.85. The van der Waals surface area contributed by atoms with Crippen molar-refractivity contribution in [2.45, 2.75) is 6.61 Å². The van der Waals surface area contributed by atoms with Crippen LogP contribution in [0.1, 0.15) is 5.56 Å². The Morgan fingerprint density at radius 1 is 1.47 bits per heavy atom. The molecule has 0 atom stereocenters. The van der Waals surface area contributed by atoms with Crippen LogP contribution >= 0.6 is 12.4 Å². The number of carbonyl (C=O) groups excluding carboxylic acids is 1. The van der Waals surface area contributed by atoms with Gasteiger partial charge in [-0.2, -0.15) is 0 Å². The van der Waals surface area contributed by atoms with E-state index in [1.165, 1.54) is 12.1 Å². The fourth-order valence-corrected chi connectivity index (χ4v) is 0.845. The summed E-state index contributed by atoms with van der Waals surface area (Å²) in [5, 5.41) is 0. The van der Waals surface area contributed by atoms with Gasteiger partial charge in [0.2, 0.25) is 0 Å². The number of halogens is 3. The summed E-state index contributed by atoms with van der Waals surface area (Å²) in [6.45, 7) is -0.368. The minimum atomic E-state index is -1.03. The molecule has 0 saturated heterocycles. The maximum Gasteiger partial charge on any atom is 0.421 e. The SMILES string of the molecule is Cl.NNC(=O)OCc1cccc(F)c1F. The minimum Gasteiger partial charge on any atom is -0.444 e. The van der Waals surface area contributed by atoms with Crippen molar-refractivity contribution in [3.05, 3.63) is 35.4 Å². The number of nitrogens with one attached hydrogen (secondary N) is 1. The first kappa shape index (κ1) is 13.6. The zero-order valence-electron chi connectivity index (χ0n) is 7.50. The Bertz CT molecular complexity index is 349. The molecule has 0 saturated carbocycles. The van der Waals surface area contributed by atoms with E-state index < -0.39 is 17.7 Å². The van der Waals surface area contributed by atoms with E-state index in [0.29, 0.717) is 0 Å². The zero-order valence-corrected chi connectivity index (χ0v) is 8.31. The fraction of sp³-hybridized carbons (Fsp3) is 0.125. The molecule has 0 aromatic heterocycles. The first-order valence-corrected chi connectivity index (χ1v) is 3.71. The van der Waals surface area contributed by atoms with Crippen molar-refractivity contribution < 1.29 is 18.3 Å². The van der Waals surface area contributed by atoms with Gasteiger partial charge in [0.05, 0.1) is 0 Å². The number of hydrazine groups is 1. The minimum absolute atomic E-state index is 0. The summed E-state index contributed by atoms with van der Waals surface area (Å²) >= 11 is 0. The predicted octanol–water partition coefficient (Wildman–Crippen LogP) is 1.49. The topological polar surface area (TPSA) is 64.3 Å². The van der Waals surface area contributed by atoms with Crippen LogP contribution in [0.25, 0.3) is 0 Å². The molecule has 7 heteroatoms.